The molecule has 3 amide bonds. The van der Waals surface area contributed by atoms with Crippen molar-refractivity contribution in [1.29, 1.82) is 0 Å². The van der Waals surface area contributed by atoms with Gasteiger partial charge in [-0.1, -0.05) is 0 Å². The van der Waals surface area contributed by atoms with Gasteiger partial charge in [-0.3, -0.25) is 9.69 Å². The minimum Gasteiger partial charge on any atom is -0.468 e. The lowest BCUT2D eigenvalue weighted by molar-refractivity contribution is -0.122. The second-order valence-corrected chi connectivity index (χ2v) is 5.69. The number of hydrogen-bond acceptors (Lipinski definition) is 4. The number of urea groups is 1. The lowest BCUT2D eigenvalue weighted by atomic mass is 10.1. The molecule has 7 heteroatoms. The van der Waals surface area contributed by atoms with E-state index in [4.69, 9.17) is 4.42 Å². The van der Waals surface area contributed by atoms with Crippen molar-refractivity contribution in [2.75, 3.05) is 27.2 Å². The minimum atomic E-state index is -0.455. The summed E-state index contributed by atoms with van der Waals surface area (Å²) in [4.78, 5) is 25.8. The Hall–Kier alpha value is -2.02. The molecule has 0 bridgehead atoms. The van der Waals surface area contributed by atoms with E-state index in [1.165, 1.54) is 0 Å². The molecule has 0 saturated carbocycles. The first-order valence-electron chi connectivity index (χ1n) is 7.60. The zero-order valence-corrected chi connectivity index (χ0v) is 13.1. The molecule has 1 aromatic rings. The second-order valence-electron chi connectivity index (χ2n) is 5.69. The lowest BCUT2D eigenvalue weighted by Crippen LogP contribution is -2.50. The molecule has 0 aliphatic carbocycles. The van der Waals surface area contributed by atoms with E-state index in [0.29, 0.717) is 19.5 Å². The smallest absolute Gasteiger partial charge is 0.315 e. The average molecular weight is 308 g/mol. The molecule has 1 fully saturated rings. The molecule has 2 rings (SSSR count). The highest BCUT2D eigenvalue weighted by Crippen LogP contribution is 2.17. The van der Waals surface area contributed by atoms with Crippen molar-refractivity contribution in [3.63, 3.8) is 0 Å². The van der Waals surface area contributed by atoms with Crippen LogP contribution in [0.4, 0.5) is 4.79 Å². The number of carbonyl (C=O) groups is 2. The van der Waals surface area contributed by atoms with E-state index in [2.05, 4.69) is 16.0 Å². The van der Waals surface area contributed by atoms with Gasteiger partial charge >= 0.3 is 6.03 Å². The standard InChI is InChI=1S/C15H24N4O3/c1-19(2)12(13-7-5-9-22-13)10-17-15(21)18-11-6-3-4-8-16-14(11)20/h5,7,9,11-12H,3-4,6,8,10H2,1-2H3,(H,16,20)(H2,17,18,21)/t11-,12+/m1/s1. The molecule has 2 atom stereocenters. The summed E-state index contributed by atoms with van der Waals surface area (Å²) in [7, 11) is 3.84. The number of nitrogens with zero attached hydrogens (tertiary/aromatic N) is 1. The van der Waals surface area contributed by atoms with Gasteiger partial charge in [0.2, 0.25) is 5.91 Å². The van der Waals surface area contributed by atoms with Crippen LogP contribution in [-0.4, -0.2) is 50.1 Å². The van der Waals surface area contributed by atoms with Crippen molar-refractivity contribution in [2.24, 2.45) is 0 Å². The summed E-state index contributed by atoms with van der Waals surface area (Å²) in [5.41, 5.74) is 0. The van der Waals surface area contributed by atoms with Crippen molar-refractivity contribution < 1.29 is 14.0 Å². The first kappa shape index (κ1) is 16.4. The number of rotatable bonds is 5. The van der Waals surface area contributed by atoms with Gasteiger partial charge in [-0.2, -0.15) is 0 Å². The highest BCUT2D eigenvalue weighted by molar-refractivity contribution is 5.87. The molecular weight excluding hydrogens is 284 g/mol. The minimum absolute atomic E-state index is 0.0521. The average Bonchev–Trinajstić information content (AvgIpc) is 2.92. The van der Waals surface area contributed by atoms with Crippen LogP contribution in [0, 0.1) is 0 Å². The Morgan fingerprint density at radius 1 is 1.50 bits per heavy atom. The largest absolute Gasteiger partial charge is 0.468 e. The van der Waals surface area contributed by atoms with Gasteiger partial charge in [0.25, 0.3) is 0 Å². The van der Waals surface area contributed by atoms with Gasteiger partial charge in [0.1, 0.15) is 11.8 Å². The summed E-state index contributed by atoms with van der Waals surface area (Å²) >= 11 is 0. The normalized spacial score (nSPS) is 20.1. The van der Waals surface area contributed by atoms with Crippen LogP contribution in [0.15, 0.2) is 22.8 Å². The van der Waals surface area contributed by atoms with Crippen LogP contribution in [0.25, 0.3) is 0 Å². The number of amides is 3. The predicted molar refractivity (Wildman–Crippen MR) is 82.3 cm³/mol. The Morgan fingerprint density at radius 3 is 3.00 bits per heavy atom. The molecule has 1 saturated heterocycles. The number of hydrogen-bond donors (Lipinski definition) is 3. The predicted octanol–water partition coefficient (Wildman–Crippen LogP) is 0.850. The fourth-order valence-electron chi connectivity index (χ4n) is 2.49. The van der Waals surface area contributed by atoms with Gasteiger partial charge in [-0.15, -0.1) is 0 Å². The van der Waals surface area contributed by atoms with E-state index in [1.54, 1.807) is 6.26 Å². The summed E-state index contributed by atoms with van der Waals surface area (Å²) in [6, 6.07) is 2.86. The van der Waals surface area contributed by atoms with Crippen LogP contribution in [0.5, 0.6) is 0 Å². The summed E-state index contributed by atoms with van der Waals surface area (Å²) in [5, 5.41) is 8.35. The fraction of sp³-hybridized carbons (Fsp3) is 0.600. The molecule has 122 valence electrons. The maximum atomic E-state index is 12.0. The molecule has 0 radical (unpaired) electrons. The van der Waals surface area contributed by atoms with E-state index < -0.39 is 6.04 Å². The summed E-state index contributed by atoms with van der Waals surface area (Å²) in [6.45, 7) is 1.08. The first-order chi connectivity index (χ1) is 10.6. The number of likely N-dealkylation sites (N-methyl/N-ethyl adjacent to an activating group) is 1. The summed E-state index contributed by atoms with van der Waals surface area (Å²) in [6.07, 6.45) is 4.17. The van der Waals surface area contributed by atoms with Crippen LogP contribution in [0.2, 0.25) is 0 Å². The molecule has 22 heavy (non-hydrogen) atoms. The molecule has 0 aromatic carbocycles. The molecule has 3 N–H and O–H groups in total. The van der Waals surface area contributed by atoms with Crippen LogP contribution >= 0.6 is 0 Å². The number of furan rings is 1. The zero-order chi connectivity index (χ0) is 15.9. The van der Waals surface area contributed by atoms with E-state index >= 15 is 0 Å². The molecule has 1 aromatic heterocycles. The van der Waals surface area contributed by atoms with Crippen molar-refractivity contribution in [3.05, 3.63) is 24.2 Å². The molecule has 2 heterocycles. The highest BCUT2D eigenvalue weighted by atomic mass is 16.3. The zero-order valence-electron chi connectivity index (χ0n) is 13.1. The molecule has 1 aliphatic rings. The third-order valence-corrected chi connectivity index (χ3v) is 3.79. The summed E-state index contributed by atoms with van der Waals surface area (Å²) < 4.78 is 5.40. The Bertz CT molecular complexity index is 487. The maximum absolute atomic E-state index is 12.0. The van der Waals surface area contributed by atoms with Gasteiger partial charge in [-0.05, 0) is 45.5 Å². The third kappa shape index (κ3) is 4.49. The van der Waals surface area contributed by atoms with Crippen LogP contribution in [0.1, 0.15) is 31.1 Å². The van der Waals surface area contributed by atoms with E-state index in [0.717, 1.165) is 18.6 Å². The molecule has 7 nitrogen and oxygen atoms in total. The van der Waals surface area contributed by atoms with Crippen molar-refractivity contribution in [1.82, 2.24) is 20.9 Å². The Labute approximate surface area is 130 Å². The van der Waals surface area contributed by atoms with Gasteiger partial charge in [0.15, 0.2) is 0 Å². The fourth-order valence-corrected chi connectivity index (χ4v) is 2.49. The molecular formula is C15H24N4O3. The Balaban J connectivity index is 1.84. The van der Waals surface area contributed by atoms with Crippen LogP contribution < -0.4 is 16.0 Å². The Morgan fingerprint density at radius 2 is 2.32 bits per heavy atom. The molecule has 1 aliphatic heterocycles. The maximum Gasteiger partial charge on any atom is 0.315 e. The first-order valence-corrected chi connectivity index (χ1v) is 7.60. The van der Waals surface area contributed by atoms with Gasteiger partial charge in [0.05, 0.1) is 12.3 Å². The van der Waals surface area contributed by atoms with Gasteiger partial charge in [0, 0.05) is 13.1 Å². The van der Waals surface area contributed by atoms with Crippen molar-refractivity contribution >= 4 is 11.9 Å². The second kappa shape index (κ2) is 7.84. The third-order valence-electron chi connectivity index (χ3n) is 3.79. The Kier molecular flexibility index (Phi) is 5.83. The van der Waals surface area contributed by atoms with E-state index in [9.17, 15) is 9.59 Å². The topological polar surface area (TPSA) is 86.6 Å². The van der Waals surface area contributed by atoms with Crippen LogP contribution in [-0.2, 0) is 4.79 Å². The van der Waals surface area contributed by atoms with E-state index in [-0.39, 0.29) is 18.0 Å². The number of carbonyl (C=O) groups excluding carboxylic acids is 2. The SMILES string of the molecule is CN(C)[C@@H](CNC(=O)N[C@@H]1CCCCNC1=O)c1ccco1. The quantitative estimate of drug-likeness (QED) is 0.752. The molecule has 0 spiro atoms. The van der Waals surface area contributed by atoms with Crippen molar-refractivity contribution in [2.45, 2.75) is 31.3 Å². The summed E-state index contributed by atoms with van der Waals surface area (Å²) in [5.74, 6) is 0.681. The lowest BCUT2D eigenvalue weighted by Gasteiger charge is -2.23. The highest BCUT2D eigenvalue weighted by Gasteiger charge is 2.23. The van der Waals surface area contributed by atoms with Gasteiger partial charge in [-0.25, -0.2) is 4.79 Å². The number of nitrogens with one attached hydrogen (secondary N) is 3. The molecule has 0 unspecified atom stereocenters. The van der Waals surface area contributed by atoms with Crippen molar-refractivity contribution in [3.8, 4) is 0 Å². The van der Waals surface area contributed by atoms with Crippen LogP contribution in [0.3, 0.4) is 0 Å². The van der Waals surface area contributed by atoms with Gasteiger partial charge < -0.3 is 20.4 Å². The monoisotopic (exact) mass is 308 g/mol. The van der Waals surface area contributed by atoms with E-state index in [1.807, 2.05) is 31.1 Å².